The largest absolute Gasteiger partial charge is 0.229 e. The van der Waals surface area contributed by atoms with Crippen LogP contribution in [0.2, 0.25) is 5.02 Å². The molecular weight excluding hydrogens is 255 g/mol. The highest BCUT2D eigenvalue weighted by Gasteiger charge is 2.00. The van der Waals surface area contributed by atoms with Crippen molar-refractivity contribution in [3.05, 3.63) is 34.4 Å². The minimum absolute atomic E-state index is 0.578. The topological polar surface area (TPSA) is 43.6 Å². The summed E-state index contributed by atoms with van der Waals surface area (Å²) < 4.78 is 2.29. The number of hydrogen-bond donors (Lipinski definition) is 0. The van der Waals surface area contributed by atoms with Gasteiger partial charge in [-0.2, -0.15) is 5.10 Å². The van der Waals surface area contributed by atoms with Gasteiger partial charge in [-0.25, -0.2) is 14.6 Å². The minimum atomic E-state index is 0.578. The van der Waals surface area contributed by atoms with Gasteiger partial charge in [0.15, 0.2) is 5.82 Å². The van der Waals surface area contributed by atoms with Gasteiger partial charge >= 0.3 is 0 Å². The molecule has 0 fully saturated rings. The molecule has 0 N–H and O–H groups in total. The number of nitrogens with zero attached hydrogens (tertiary/aromatic N) is 4. The van der Waals surface area contributed by atoms with Crippen molar-refractivity contribution in [1.29, 1.82) is 0 Å². The van der Waals surface area contributed by atoms with Gasteiger partial charge in [0.25, 0.3) is 0 Å². The Kier molecular flexibility index (Phi) is 2.28. The van der Waals surface area contributed by atoms with Gasteiger partial charge in [0, 0.05) is 6.07 Å². The van der Waals surface area contributed by atoms with Gasteiger partial charge in [0.05, 0.1) is 17.4 Å². The van der Waals surface area contributed by atoms with Gasteiger partial charge in [-0.05, 0) is 15.9 Å². The van der Waals surface area contributed by atoms with Crippen molar-refractivity contribution in [2.24, 2.45) is 0 Å². The highest BCUT2D eigenvalue weighted by Crippen LogP contribution is 2.12. The molecular formula is C7H4BrClN4. The van der Waals surface area contributed by atoms with E-state index in [0.29, 0.717) is 15.4 Å². The van der Waals surface area contributed by atoms with E-state index in [2.05, 4.69) is 31.0 Å². The lowest BCUT2D eigenvalue weighted by molar-refractivity contribution is 0.837. The molecule has 0 aliphatic heterocycles. The lowest BCUT2D eigenvalue weighted by Crippen LogP contribution is -1.97. The summed E-state index contributed by atoms with van der Waals surface area (Å²) in [5.41, 5.74) is 0. The summed E-state index contributed by atoms with van der Waals surface area (Å²) in [4.78, 5) is 7.93. The summed E-state index contributed by atoms with van der Waals surface area (Å²) in [6.07, 6.45) is 4.68. The molecule has 66 valence electrons. The van der Waals surface area contributed by atoms with Gasteiger partial charge in [0.2, 0.25) is 0 Å². The summed E-state index contributed by atoms with van der Waals surface area (Å²) >= 11 is 8.95. The molecule has 0 spiro atoms. The first kappa shape index (κ1) is 8.65. The standard InChI is InChI=1S/C7H4BrClN4/c8-6-1-7(11-4-10-6)13-3-5(9)2-12-13/h1-4H. The quantitative estimate of drug-likeness (QED) is 0.737. The predicted molar refractivity (Wildman–Crippen MR) is 51.9 cm³/mol. The Bertz CT molecular complexity index is 428. The Hall–Kier alpha value is -0.940. The first-order valence-electron chi connectivity index (χ1n) is 3.44. The van der Waals surface area contributed by atoms with Crippen LogP contribution >= 0.6 is 27.5 Å². The molecule has 0 atom stereocenters. The monoisotopic (exact) mass is 258 g/mol. The Morgan fingerprint density at radius 2 is 2.23 bits per heavy atom. The molecule has 0 aliphatic rings. The van der Waals surface area contributed by atoms with Crippen LogP contribution in [-0.2, 0) is 0 Å². The molecule has 4 nitrogen and oxygen atoms in total. The molecule has 0 amide bonds. The molecule has 2 aromatic rings. The maximum atomic E-state index is 5.71. The van der Waals surface area contributed by atoms with Crippen LogP contribution in [-0.4, -0.2) is 19.7 Å². The van der Waals surface area contributed by atoms with Gasteiger partial charge < -0.3 is 0 Å². The lowest BCUT2D eigenvalue weighted by Gasteiger charge is -1.98. The van der Waals surface area contributed by atoms with E-state index in [1.54, 1.807) is 23.1 Å². The average molecular weight is 259 g/mol. The van der Waals surface area contributed by atoms with E-state index in [1.807, 2.05) is 0 Å². The van der Waals surface area contributed by atoms with Gasteiger partial charge in [0.1, 0.15) is 10.9 Å². The summed E-state index contributed by atoms with van der Waals surface area (Å²) in [7, 11) is 0. The average Bonchev–Trinajstić information content (AvgIpc) is 2.52. The third-order valence-electron chi connectivity index (χ3n) is 1.41. The Morgan fingerprint density at radius 1 is 1.38 bits per heavy atom. The molecule has 0 aliphatic carbocycles. The maximum Gasteiger partial charge on any atom is 0.157 e. The molecule has 2 rings (SSSR count). The SMILES string of the molecule is Clc1cnn(-c2cc(Br)ncn2)c1. The van der Waals surface area contributed by atoms with Crippen molar-refractivity contribution in [3.8, 4) is 5.82 Å². The van der Waals surface area contributed by atoms with E-state index in [-0.39, 0.29) is 0 Å². The van der Waals surface area contributed by atoms with E-state index in [1.165, 1.54) is 6.33 Å². The van der Waals surface area contributed by atoms with E-state index in [0.717, 1.165) is 0 Å². The van der Waals surface area contributed by atoms with Crippen molar-refractivity contribution in [1.82, 2.24) is 19.7 Å². The minimum Gasteiger partial charge on any atom is -0.229 e. The Labute approximate surface area is 87.7 Å². The molecule has 0 saturated carbocycles. The molecule has 0 unspecified atom stereocenters. The maximum absolute atomic E-state index is 5.71. The number of halogens is 2. The number of aromatic nitrogens is 4. The zero-order chi connectivity index (χ0) is 9.26. The molecule has 0 bridgehead atoms. The van der Waals surface area contributed by atoms with Crippen LogP contribution in [0.15, 0.2) is 29.4 Å². The normalized spacial score (nSPS) is 10.3. The smallest absolute Gasteiger partial charge is 0.157 e. The van der Waals surface area contributed by atoms with Gasteiger partial charge in [-0.3, -0.25) is 0 Å². The molecule has 6 heteroatoms. The molecule has 13 heavy (non-hydrogen) atoms. The van der Waals surface area contributed by atoms with Crippen molar-refractivity contribution < 1.29 is 0 Å². The predicted octanol–water partition coefficient (Wildman–Crippen LogP) is 2.08. The molecule has 2 aromatic heterocycles. The number of hydrogen-bond acceptors (Lipinski definition) is 3. The van der Waals surface area contributed by atoms with Crippen LogP contribution in [0.25, 0.3) is 5.82 Å². The molecule has 0 radical (unpaired) electrons. The molecule has 0 aromatic carbocycles. The van der Waals surface area contributed by atoms with Crippen LogP contribution in [0.3, 0.4) is 0 Å². The summed E-state index contributed by atoms with van der Waals surface area (Å²) in [6.45, 7) is 0. The Morgan fingerprint density at radius 3 is 2.85 bits per heavy atom. The van der Waals surface area contributed by atoms with E-state index >= 15 is 0 Å². The van der Waals surface area contributed by atoms with Crippen molar-refractivity contribution in [2.45, 2.75) is 0 Å². The second kappa shape index (κ2) is 3.43. The van der Waals surface area contributed by atoms with Crippen LogP contribution in [0.1, 0.15) is 0 Å². The fraction of sp³-hybridized carbons (Fsp3) is 0. The van der Waals surface area contributed by atoms with Crippen LogP contribution in [0.5, 0.6) is 0 Å². The van der Waals surface area contributed by atoms with E-state index < -0.39 is 0 Å². The van der Waals surface area contributed by atoms with Crippen LogP contribution < -0.4 is 0 Å². The second-order valence-electron chi connectivity index (χ2n) is 2.30. The fourth-order valence-corrected chi connectivity index (χ4v) is 1.31. The highest BCUT2D eigenvalue weighted by atomic mass is 79.9. The summed E-state index contributed by atoms with van der Waals surface area (Å²) in [5.74, 6) is 0.675. The molecule has 2 heterocycles. The van der Waals surface area contributed by atoms with Crippen molar-refractivity contribution >= 4 is 27.5 Å². The first-order chi connectivity index (χ1) is 6.25. The van der Waals surface area contributed by atoms with Crippen molar-refractivity contribution in [3.63, 3.8) is 0 Å². The third-order valence-corrected chi connectivity index (χ3v) is 2.03. The second-order valence-corrected chi connectivity index (χ2v) is 3.55. The zero-order valence-corrected chi connectivity index (χ0v) is 8.70. The van der Waals surface area contributed by atoms with Gasteiger partial charge in [-0.15, -0.1) is 0 Å². The number of rotatable bonds is 1. The van der Waals surface area contributed by atoms with E-state index in [9.17, 15) is 0 Å². The third kappa shape index (κ3) is 1.87. The highest BCUT2D eigenvalue weighted by molar-refractivity contribution is 9.10. The lowest BCUT2D eigenvalue weighted by atomic mass is 10.6. The fourth-order valence-electron chi connectivity index (χ4n) is 0.876. The van der Waals surface area contributed by atoms with Crippen LogP contribution in [0, 0.1) is 0 Å². The summed E-state index contributed by atoms with van der Waals surface area (Å²) in [5, 5.41) is 4.58. The zero-order valence-electron chi connectivity index (χ0n) is 6.35. The first-order valence-corrected chi connectivity index (χ1v) is 4.61. The van der Waals surface area contributed by atoms with Crippen molar-refractivity contribution in [2.75, 3.05) is 0 Å². The van der Waals surface area contributed by atoms with Gasteiger partial charge in [-0.1, -0.05) is 11.6 Å². The molecule has 0 saturated heterocycles. The summed E-state index contributed by atoms with van der Waals surface area (Å²) in [6, 6.07) is 1.75. The van der Waals surface area contributed by atoms with E-state index in [4.69, 9.17) is 11.6 Å². The van der Waals surface area contributed by atoms with Crippen LogP contribution in [0.4, 0.5) is 0 Å². The Balaban J connectivity index is 2.46.